The molecule has 34 heavy (non-hydrogen) atoms. The summed E-state index contributed by atoms with van der Waals surface area (Å²) in [6.07, 6.45) is 7.23. The van der Waals surface area contributed by atoms with E-state index in [1.165, 1.54) is 0 Å². The highest BCUT2D eigenvalue weighted by Gasteiger charge is 2.19. The Morgan fingerprint density at radius 1 is 0.912 bits per heavy atom. The van der Waals surface area contributed by atoms with Crippen LogP contribution in [0, 0.1) is 0 Å². The summed E-state index contributed by atoms with van der Waals surface area (Å²) < 4.78 is 1.85. The number of rotatable bonds is 4. The number of pyridine rings is 2. The maximum atomic E-state index is 13.6. The summed E-state index contributed by atoms with van der Waals surface area (Å²) in [6.45, 7) is 5.92. The molecule has 0 bridgehead atoms. The van der Waals surface area contributed by atoms with Crippen molar-refractivity contribution in [3.8, 4) is 11.3 Å². The first kappa shape index (κ1) is 20.1. The van der Waals surface area contributed by atoms with E-state index < -0.39 is 0 Å². The number of allylic oxidation sites excluding steroid dienone is 2. The Hall–Kier alpha value is -4.57. The Balaban J connectivity index is 1.83. The smallest absolute Gasteiger partial charge is 0.263 e. The van der Waals surface area contributed by atoms with Crippen LogP contribution in [0.25, 0.3) is 49.2 Å². The zero-order valence-electron chi connectivity index (χ0n) is 18.7. The van der Waals surface area contributed by atoms with Crippen molar-refractivity contribution in [2.45, 2.75) is 6.92 Å². The van der Waals surface area contributed by atoms with Gasteiger partial charge in [-0.3, -0.25) is 19.2 Å². The van der Waals surface area contributed by atoms with Crippen LogP contribution in [0.2, 0.25) is 0 Å². The Morgan fingerprint density at radius 3 is 2.41 bits per heavy atom. The maximum absolute atomic E-state index is 13.6. The van der Waals surface area contributed by atoms with Gasteiger partial charge in [0.05, 0.1) is 22.4 Å². The highest BCUT2D eigenvalue weighted by molar-refractivity contribution is 6.24. The third kappa shape index (κ3) is 2.89. The molecule has 162 valence electrons. The Morgan fingerprint density at radius 2 is 1.68 bits per heavy atom. The second-order valence-electron chi connectivity index (χ2n) is 8.25. The van der Waals surface area contributed by atoms with Gasteiger partial charge in [-0.2, -0.15) is 0 Å². The van der Waals surface area contributed by atoms with Gasteiger partial charge in [0, 0.05) is 45.1 Å². The normalized spacial score (nSPS) is 12.6. The minimum absolute atomic E-state index is 0.00652. The largest absolute Gasteiger partial charge is 0.275 e. The summed E-state index contributed by atoms with van der Waals surface area (Å²) in [5.41, 5.74) is 5.46. The number of nitrogens with zero attached hydrogens (tertiary/aromatic N) is 3. The van der Waals surface area contributed by atoms with Gasteiger partial charge >= 0.3 is 0 Å². The third-order valence-corrected chi connectivity index (χ3v) is 6.32. The first-order chi connectivity index (χ1) is 16.7. The average molecular weight is 440 g/mol. The summed E-state index contributed by atoms with van der Waals surface area (Å²) in [5.74, 6) is 0. The molecule has 0 aliphatic heterocycles. The van der Waals surface area contributed by atoms with E-state index in [1.54, 1.807) is 18.5 Å². The lowest BCUT2D eigenvalue weighted by molar-refractivity contribution is 1.21. The number of aromatic nitrogens is 2. The van der Waals surface area contributed by atoms with Crippen LogP contribution >= 0.6 is 0 Å². The van der Waals surface area contributed by atoms with E-state index in [4.69, 9.17) is 0 Å². The Kier molecular flexibility index (Phi) is 4.59. The molecule has 0 spiro atoms. The van der Waals surface area contributed by atoms with Crippen LogP contribution in [-0.2, 0) is 0 Å². The SMILES string of the molecule is C=CC(=N/C=C\C)c1cc2c3ccccc3c(=O)n3c4ccc(-c5ccccn5)cc4c(c1)c23. The first-order valence-corrected chi connectivity index (χ1v) is 11.2. The van der Waals surface area contributed by atoms with E-state index in [-0.39, 0.29) is 5.56 Å². The van der Waals surface area contributed by atoms with E-state index in [9.17, 15) is 4.79 Å². The zero-order chi connectivity index (χ0) is 23.2. The van der Waals surface area contributed by atoms with Gasteiger partial charge in [0.2, 0.25) is 0 Å². The Bertz CT molecular complexity index is 1840. The molecule has 0 unspecified atom stereocenters. The third-order valence-electron chi connectivity index (χ3n) is 6.32. The van der Waals surface area contributed by atoms with Gasteiger partial charge in [0.15, 0.2) is 0 Å². The second kappa shape index (κ2) is 7.78. The molecule has 0 radical (unpaired) electrons. The van der Waals surface area contributed by atoms with Crippen molar-refractivity contribution in [3.63, 3.8) is 0 Å². The summed E-state index contributed by atoms with van der Waals surface area (Å²) in [6, 6.07) is 24.1. The van der Waals surface area contributed by atoms with E-state index in [1.807, 2.05) is 72.0 Å². The van der Waals surface area contributed by atoms with E-state index in [2.05, 4.69) is 34.8 Å². The summed E-state index contributed by atoms with van der Waals surface area (Å²) in [7, 11) is 0. The number of hydrogen-bond acceptors (Lipinski definition) is 3. The number of benzene rings is 3. The first-order valence-electron chi connectivity index (χ1n) is 11.2. The lowest BCUT2D eigenvalue weighted by Gasteiger charge is -2.09. The fraction of sp³-hybridized carbons (Fsp3) is 0.0333. The molecule has 0 atom stereocenters. The van der Waals surface area contributed by atoms with Crippen LogP contribution in [0.1, 0.15) is 12.5 Å². The Labute approximate surface area is 196 Å². The minimum atomic E-state index is -0.00652. The van der Waals surface area contributed by atoms with Crippen molar-refractivity contribution < 1.29 is 0 Å². The summed E-state index contributed by atoms with van der Waals surface area (Å²) in [4.78, 5) is 22.7. The molecular weight excluding hydrogens is 418 g/mol. The van der Waals surface area contributed by atoms with Crippen molar-refractivity contribution in [2.75, 3.05) is 0 Å². The maximum Gasteiger partial charge on any atom is 0.263 e. The molecule has 0 amide bonds. The standard InChI is InChI=1S/C30H21N3O/c1-3-14-31-26(4-2)20-17-24-21-9-5-6-10-22(21)30(34)33-28-13-12-19(27-11-7-8-15-32-27)16-23(28)25(18-20)29(24)33/h3-18H,2H2,1H3/b14-3-,31-26?. The predicted octanol–water partition coefficient (Wildman–Crippen LogP) is 6.77. The number of fused-ring (bicyclic) bond motifs is 5. The molecule has 6 aromatic rings. The van der Waals surface area contributed by atoms with Crippen molar-refractivity contribution in [2.24, 2.45) is 4.99 Å². The van der Waals surface area contributed by atoms with Gasteiger partial charge in [-0.25, -0.2) is 0 Å². The van der Waals surface area contributed by atoms with Crippen LogP contribution in [0.3, 0.4) is 0 Å². The lowest BCUT2D eigenvalue weighted by atomic mass is 9.98. The lowest BCUT2D eigenvalue weighted by Crippen LogP contribution is -2.13. The van der Waals surface area contributed by atoms with Crippen LogP contribution in [0.15, 0.2) is 114 Å². The molecule has 4 nitrogen and oxygen atoms in total. The summed E-state index contributed by atoms with van der Waals surface area (Å²) >= 11 is 0. The predicted molar refractivity (Wildman–Crippen MR) is 142 cm³/mol. The topological polar surface area (TPSA) is 46.7 Å². The molecule has 3 aromatic heterocycles. The molecule has 3 aromatic carbocycles. The van der Waals surface area contributed by atoms with Gasteiger partial charge in [0.1, 0.15) is 0 Å². The molecule has 0 saturated heterocycles. The molecule has 0 N–H and O–H groups in total. The van der Waals surface area contributed by atoms with Crippen LogP contribution in [0.4, 0.5) is 0 Å². The van der Waals surface area contributed by atoms with Gasteiger partial charge < -0.3 is 0 Å². The molecular formula is C30H21N3O. The van der Waals surface area contributed by atoms with E-state index in [0.717, 1.165) is 55.1 Å². The average Bonchev–Trinajstić information content (AvgIpc) is 3.22. The van der Waals surface area contributed by atoms with Gasteiger partial charge in [-0.1, -0.05) is 43.0 Å². The molecule has 0 saturated carbocycles. The van der Waals surface area contributed by atoms with Crippen LogP contribution in [-0.4, -0.2) is 15.1 Å². The quantitative estimate of drug-likeness (QED) is 0.225. The highest BCUT2D eigenvalue weighted by atomic mass is 16.1. The second-order valence-corrected chi connectivity index (χ2v) is 8.25. The molecule has 0 aliphatic rings. The molecule has 4 heteroatoms. The van der Waals surface area contributed by atoms with Crippen molar-refractivity contribution in [3.05, 3.63) is 120 Å². The monoisotopic (exact) mass is 439 g/mol. The fourth-order valence-electron chi connectivity index (χ4n) is 4.83. The number of aliphatic imine (C=N–C) groups is 1. The minimum Gasteiger partial charge on any atom is -0.275 e. The van der Waals surface area contributed by atoms with Crippen molar-refractivity contribution in [1.29, 1.82) is 0 Å². The van der Waals surface area contributed by atoms with Gasteiger partial charge in [-0.05, 0) is 60.9 Å². The van der Waals surface area contributed by atoms with Gasteiger partial charge in [0.25, 0.3) is 5.56 Å². The van der Waals surface area contributed by atoms with E-state index in [0.29, 0.717) is 5.39 Å². The van der Waals surface area contributed by atoms with E-state index >= 15 is 0 Å². The zero-order valence-corrected chi connectivity index (χ0v) is 18.7. The summed E-state index contributed by atoms with van der Waals surface area (Å²) in [5, 5.41) is 4.68. The molecule has 0 aliphatic carbocycles. The van der Waals surface area contributed by atoms with Crippen LogP contribution in [0.5, 0.6) is 0 Å². The molecule has 0 fully saturated rings. The van der Waals surface area contributed by atoms with Crippen molar-refractivity contribution >= 4 is 43.7 Å². The molecule has 6 rings (SSSR count). The highest BCUT2D eigenvalue weighted by Crippen LogP contribution is 2.37. The van der Waals surface area contributed by atoms with Crippen LogP contribution < -0.4 is 5.56 Å². The van der Waals surface area contributed by atoms with Crippen molar-refractivity contribution in [1.82, 2.24) is 9.38 Å². The molecule has 3 heterocycles. The fourth-order valence-corrected chi connectivity index (χ4v) is 4.83. The van der Waals surface area contributed by atoms with Gasteiger partial charge in [-0.15, -0.1) is 0 Å². The number of hydrogen-bond donors (Lipinski definition) is 0.